The SMILES string of the molecule is Cn1c(=O)n([C@@H](Cc2ccccc2)C(=O)NC[C@@H]2CCCO2)c(=O)c2ccccc21. The largest absolute Gasteiger partial charge is 0.376 e. The van der Waals surface area contributed by atoms with Gasteiger partial charge >= 0.3 is 5.69 Å². The normalized spacial score (nSPS) is 17.2. The predicted octanol–water partition coefficient (Wildman–Crippen LogP) is 1.78. The molecule has 4 rings (SSSR count). The zero-order valence-corrected chi connectivity index (χ0v) is 16.9. The minimum atomic E-state index is -0.954. The summed E-state index contributed by atoms with van der Waals surface area (Å²) in [5.74, 6) is -0.358. The van der Waals surface area contributed by atoms with Crippen molar-refractivity contribution in [1.82, 2.24) is 14.5 Å². The van der Waals surface area contributed by atoms with E-state index < -0.39 is 17.3 Å². The minimum absolute atomic E-state index is 0.0255. The molecule has 7 nitrogen and oxygen atoms in total. The molecule has 2 heterocycles. The van der Waals surface area contributed by atoms with Crippen LogP contribution in [-0.2, 0) is 23.0 Å². The maximum atomic E-state index is 13.2. The molecule has 0 aliphatic carbocycles. The van der Waals surface area contributed by atoms with Gasteiger partial charge in [-0.05, 0) is 30.5 Å². The quantitative estimate of drug-likeness (QED) is 0.675. The van der Waals surface area contributed by atoms with Crippen LogP contribution in [0.15, 0.2) is 64.2 Å². The molecule has 1 aromatic heterocycles. The Balaban J connectivity index is 1.76. The number of amides is 1. The summed E-state index contributed by atoms with van der Waals surface area (Å²) in [6.45, 7) is 1.06. The van der Waals surface area contributed by atoms with Crippen molar-refractivity contribution in [2.45, 2.75) is 31.4 Å². The lowest BCUT2D eigenvalue weighted by Gasteiger charge is -2.21. The lowest BCUT2D eigenvalue weighted by atomic mass is 10.0. The van der Waals surface area contributed by atoms with E-state index in [1.165, 1.54) is 4.57 Å². The van der Waals surface area contributed by atoms with Crippen molar-refractivity contribution in [2.75, 3.05) is 13.2 Å². The van der Waals surface area contributed by atoms with Gasteiger partial charge in [0.15, 0.2) is 0 Å². The summed E-state index contributed by atoms with van der Waals surface area (Å²) >= 11 is 0. The fourth-order valence-corrected chi connectivity index (χ4v) is 3.98. The number of fused-ring (bicyclic) bond motifs is 1. The number of hydrogen-bond acceptors (Lipinski definition) is 4. The van der Waals surface area contributed by atoms with E-state index in [2.05, 4.69) is 5.32 Å². The summed E-state index contributed by atoms with van der Waals surface area (Å²) < 4.78 is 8.08. The number of carbonyl (C=O) groups excluding carboxylic acids is 1. The molecule has 2 aromatic carbocycles. The monoisotopic (exact) mass is 407 g/mol. The maximum Gasteiger partial charge on any atom is 0.331 e. The first-order valence-corrected chi connectivity index (χ1v) is 10.2. The Bertz CT molecular complexity index is 1160. The van der Waals surface area contributed by atoms with Crippen LogP contribution in [0.4, 0.5) is 0 Å². The van der Waals surface area contributed by atoms with Crippen molar-refractivity contribution >= 4 is 16.8 Å². The standard InChI is InChI=1S/C23H25N3O4/c1-25-19-12-6-5-11-18(19)22(28)26(23(25)29)20(14-16-8-3-2-4-9-16)21(27)24-15-17-10-7-13-30-17/h2-6,8-9,11-12,17,20H,7,10,13-15H2,1H3,(H,24,27)/t17-,20-/m0/s1. The molecule has 156 valence electrons. The number of para-hydroxylation sites is 1. The van der Waals surface area contributed by atoms with E-state index in [1.807, 2.05) is 30.3 Å². The molecule has 0 saturated carbocycles. The lowest BCUT2D eigenvalue weighted by Crippen LogP contribution is -2.48. The number of aromatic nitrogens is 2. The second-order valence-electron chi connectivity index (χ2n) is 7.62. The first-order chi connectivity index (χ1) is 14.6. The van der Waals surface area contributed by atoms with Crippen molar-refractivity contribution in [3.8, 4) is 0 Å². The lowest BCUT2D eigenvalue weighted by molar-refractivity contribution is -0.125. The highest BCUT2D eigenvalue weighted by molar-refractivity contribution is 5.82. The van der Waals surface area contributed by atoms with Gasteiger partial charge in [-0.25, -0.2) is 9.36 Å². The van der Waals surface area contributed by atoms with E-state index in [9.17, 15) is 14.4 Å². The van der Waals surface area contributed by atoms with Crippen molar-refractivity contribution in [2.24, 2.45) is 7.05 Å². The molecule has 0 unspecified atom stereocenters. The third-order valence-electron chi connectivity index (χ3n) is 5.62. The Morgan fingerprint density at radius 1 is 1.13 bits per heavy atom. The number of aryl methyl sites for hydroxylation is 1. The number of nitrogens with zero attached hydrogens (tertiary/aromatic N) is 2. The van der Waals surface area contributed by atoms with Gasteiger partial charge in [-0.15, -0.1) is 0 Å². The molecular formula is C23H25N3O4. The van der Waals surface area contributed by atoms with Crippen LogP contribution >= 0.6 is 0 Å². The average Bonchev–Trinajstić information content (AvgIpc) is 3.30. The van der Waals surface area contributed by atoms with Crippen LogP contribution in [-0.4, -0.2) is 34.3 Å². The smallest absolute Gasteiger partial charge is 0.331 e. The first-order valence-electron chi connectivity index (χ1n) is 10.2. The van der Waals surface area contributed by atoms with E-state index in [0.717, 1.165) is 23.0 Å². The van der Waals surface area contributed by atoms with Crippen molar-refractivity contribution in [1.29, 1.82) is 0 Å². The van der Waals surface area contributed by atoms with Gasteiger partial charge in [-0.3, -0.25) is 14.2 Å². The van der Waals surface area contributed by atoms with Crippen LogP contribution in [0.1, 0.15) is 24.4 Å². The number of benzene rings is 2. The van der Waals surface area contributed by atoms with Crippen molar-refractivity contribution in [3.05, 3.63) is 81.0 Å². The second-order valence-corrected chi connectivity index (χ2v) is 7.62. The highest BCUT2D eigenvalue weighted by Crippen LogP contribution is 2.15. The third-order valence-corrected chi connectivity index (χ3v) is 5.62. The van der Waals surface area contributed by atoms with Gasteiger partial charge in [-0.2, -0.15) is 0 Å². The molecule has 1 aliphatic heterocycles. The number of carbonyl (C=O) groups is 1. The average molecular weight is 407 g/mol. The van der Waals surface area contributed by atoms with E-state index in [4.69, 9.17) is 4.74 Å². The molecule has 30 heavy (non-hydrogen) atoms. The molecule has 1 amide bonds. The van der Waals surface area contributed by atoms with E-state index in [0.29, 0.717) is 24.1 Å². The van der Waals surface area contributed by atoms with E-state index in [1.54, 1.807) is 31.3 Å². The summed E-state index contributed by atoms with van der Waals surface area (Å²) in [6.07, 6.45) is 2.08. The van der Waals surface area contributed by atoms with Crippen LogP contribution in [0.25, 0.3) is 10.9 Å². The summed E-state index contributed by atoms with van der Waals surface area (Å²) in [5.41, 5.74) is 0.452. The molecule has 1 saturated heterocycles. The Kier molecular flexibility index (Phi) is 5.81. The minimum Gasteiger partial charge on any atom is -0.376 e. The number of ether oxygens (including phenoxy) is 1. The zero-order valence-electron chi connectivity index (χ0n) is 16.9. The van der Waals surface area contributed by atoms with Crippen LogP contribution in [0.2, 0.25) is 0 Å². The van der Waals surface area contributed by atoms with Crippen LogP contribution < -0.4 is 16.6 Å². The Morgan fingerprint density at radius 2 is 1.87 bits per heavy atom. The third kappa shape index (κ3) is 3.93. The molecule has 0 radical (unpaired) electrons. The van der Waals surface area contributed by atoms with Gasteiger partial charge in [0.2, 0.25) is 5.91 Å². The van der Waals surface area contributed by atoms with Gasteiger partial charge in [0, 0.05) is 26.6 Å². The first kappa shape index (κ1) is 20.1. The molecule has 3 aromatic rings. The van der Waals surface area contributed by atoms with Crippen LogP contribution in [0.5, 0.6) is 0 Å². The molecule has 1 N–H and O–H groups in total. The predicted molar refractivity (Wildman–Crippen MR) is 115 cm³/mol. The fourth-order valence-electron chi connectivity index (χ4n) is 3.98. The van der Waals surface area contributed by atoms with Gasteiger partial charge in [0.1, 0.15) is 6.04 Å². The summed E-state index contributed by atoms with van der Waals surface area (Å²) in [5, 5.41) is 3.30. The van der Waals surface area contributed by atoms with E-state index in [-0.39, 0.29) is 18.4 Å². The highest BCUT2D eigenvalue weighted by Gasteiger charge is 2.27. The van der Waals surface area contributed by atoms with Gasteiger partial charge < -0.3 is 10.1 Å². The summed E-state index contributed by atoms with van der Waals surface area (Å²) in [7, 11) is 1.62. The number of hydrogen-bond donors (Lipinski definition) is 1. The molecule has 0 spiro atoms. The number of nitrogens with one attached hydrogen (secondary N) is 1. The molecule has 2 atom stereocenters. The van der Waals surface area contributed by atoms with Crippen LogP contribution in [0.3, 0.4) is 0 Å². The molecule has 1 fully saturated rings. The van der Waals surface area contributed by atoms with Crippen molar-refractivity contribution in [3.63, 3.8) is 0 Å². The van der Waals surface area contributed by atoms with Gasteiger partial charge in [0.05, 0.1) is 17.0 Å². The molecule has 1 aliphatic rings. The Labute approximate surface area is 173 Å². The second kappa shape index (κ2) is 8.67. The van der Waals surface area contributed by atoms with E-state index >= 15 is 0 Å². The number of rotatable bonds is 6. The molecule has 0 bridgehead atoms. The van der Waals surface area contributed by atoms with Crippen molar-refractivity contribution < 1.29 is 9.53 Å². The maximum absolute atomic E-state index is 13.2. The molecular weight excluding hydrogens is 382 g/mol. The van der Waals surface area contributed by atoms with Crippen LogP contribution in [0, 0.1) is 0 Å². The van der Waals surface area contributed by atoms with Gasteiger partial charge in [-0.1, -0.05) is 42.5 Å². The Morgan fingerprint density at radius 3 is 2.60 bits per heavy atom. The van der Waals surface area contributed by atoms with Gasteiger partial charge in [0.25, 0.3) is 5.56 Å². The fraction of sp³-hybridized carbons (Fsp3) is 0.348. The topological polar surface area (TPSA) is 82.3 Å². The highest BCUT2D eigenvalue weighted by atomic mass is 16.5. The zero-order chi connectivity index (χ0) is 21.1. The summed E-state index contributed by atoms with van der Waals surface area (Å²) in [6, 6.07) is 15.4. The molecule has 7 heteroatoms. The summed E-state index contributed by atoms with van der Waals surface area (Å²) in [4.78, 5) is 39.5. The Hall–Kier alpha value is -3.19.